The van der Waals surface area contributed by atoms with Crippen molar-refractivity contribution in [1.82, 2.24) is 26.3 Å². The second kappa shape index (κ2) is 15.7. The van der Waals surface area contributed by atoms with Crippen LogP contribution in [-0.4, -0.2) is 70.8 Å². The molecule has 1 fully saturated rings. The van der Waals surface area contributed by atoms with Crippen LogP contribution >= 0.6 is 11.3 Å². The number of phenolic OH excluding ortho intramolecular Hbond substituents is 1. The Labute approximate surface area is 271 Å². The first kappa shape index (κ1) is 34.4. The van der Waals surface area contributed by atoms with E-state index in [4.69, 9.17) is 4.74 Å². The molecule has 4 atom stereocenters. The SMILES string of the molecule is CC(C)C[C@H](NC(=O)[C@@H](NC(=O)COc1ccc(O)cc1)C(C)C)C(=O)N[C@@H](C[C@@H]1CCNC1=O)C(=O)c1nc2ccccc2s1. The molecule has 2 heterocycles. The van der Waals surface area contributed by atoms with Gasteiger partial charge in [0.1, 0.15) is 23.6 Å². The molecule has 1 aromatic heterocycles. The van der Waals surface area contributed by atoms with Crippen LogP contribution < -0.4 is 26.0 Å². The van der Waals surface area contributed by atoms with Crippen LogP contribution in [0.1, 0.15) is 56.8 Å². The number of amides is 4. The van der Waals surface area contributed by atoms with Gasteiger partial charge in [0, 0.05) is 12.5 Å². The predicted octanol–water partition coefficient (Wildman–Crippen LogP) is 2.95. The van der Waals surface area contributed by atoms with E-state index in [1.54, 1.807) is 19.9 Å². The van der Waals surface area contributed by atoms with Crippen molar-refractivity contribution in [3.05, 3.63) is 53.5 Å². The topological polar surface area (TPSA) is 176 Å². The van der Waals surface area contributed by atoms with E-state index < -0.39 is 47.5 Å². The number of aromatic nitrogens is 1. The summed E-state index contributed by atoms with van der Waals surface area (Å²) in [4.78, 5) is 70.6. The second-order valence-corrected chi connectivity index (χ2v) is 13.2. The number of Topliss-reactive ketones (excluding diaryl/α,β-unsaturated/α-hetero) is 1. The predicted molar refractivity (Wildman–Crippen MR) is 173 cm³/mol. The van der Waals surface area contributed by atoms with Crippen LogP contribution in [0.4, 0.5) is 0 Å². The highest BCUT2D eigenvalue weighted by Gasteiger charge is 2.36. The number of para-hydroxylation sites is 1. The number of nitrogens with zero attached hydrogens (tertiary/aromatic N) is 1. The molecule has 1 aliphatic rings. The minimum atomic E-state index is -1.04. The van der Waals surface area contributed by atoms with Crippen molar-refractivity contribution in [2.75, 3.05) is 13.2 Å². The van der Waals surface area contributed by atoms with E-state index in [2.05, 4.69) is 26.3 Å². The average molecular weight is 652 g/mol. The lowest BCUT2D eigenvalue weighted by Gasteiger charge is -2.27. The molecular weight excluding hydrogens is 610 g/mol. The van der Waals surface area contributed by atoms with Gasteiger partial charge in [-0.15, -0.1) is 11.3 Å². The smallest absolute Gasteiger partial charge is 0.258 e. The van der Waals surface area contributed by atoms with Crippen LogP contribution in [0.3, 0.4) is 0 Å². The Morgan fingerprint density at radius 2 is 1.67 bits per heavy atom. The maximum absolute atomic E-state index is 13.8. The van der Waals surface area contributed by atoms with E-state index >= 15 is 0 Å². The summed E-state index contributed by atoms with van der Waals surface area (Å²) < 4.78 is 6.28. The number of ketones is 1. The Morgan fingerprint density at radius 3 is 2.30 bits per heavy atom. The number of carbonyl (C=O) groups excluding carboxylic acids is 5. The van der Waals surface area contributed by atoms with Gasteiger partial charge in [-0.2, -0.15) is 0 Å². The summed E-state index contributed by atoms with van der Waals surface area (Å²) in [6.45, 7) is 7.47. The lowest BCUT2D eigenvalue weighted by Crippen LogP contribution is -2.57. The summed E-state index contributed by atoms with van der Waals surface area (Å²) in [6, 6.07) is 10.2. The van der Waals surface area contributed by atoms with Crippen molar-refractivity contribution in [3.8, 4) is 11.5 Å². The third-order valence-corrected chi connectivity index (χ3v) is 8.68. The maximum Gasteiger partial charge on any atom is 0.258 e. The van der Waals surface area contributed by atoms with Crippen LogP contribution in [0.5, 0.6) is 11.5 Å². The van der Waals surface area contributed by atoms with E-state index in [0.717, 1.165) is 4.70 Å². The molecule has 0 unspecified atom stereocenters. The number of nitrogens with one attached hydrogen (secondary N) is 4. The van der Waals surface area contributed by atoms with Gasteiger partial charge >= 0.3 is 0 Å². The lowest BCUT2D eigenvalue weighted by atomic mass is 9.94. The van der Waals surface area contributed by atoms with Crippen LogP contribution in [0.15, 0.2) is 48.5 Å². The molecule has 3 aromatic rings. The van der Waals surface area contributed by atoms with E-state index in [-0.39, 0.29) is 47.9 Å². The minimum Gasteiger partial charge on any atom is -0.508 e. The Balaban J connectivity index is 1.47. The molecule has 12 nitrogen and oxygen atoms in total. The number of ether oxygens (including phenoxy) is 1. The van der Waals surface area contributed by atoms with Crippen molar-refractivity contribution in [2.24, 2.45) is 17.8 Å². The number of benzene rings is 2. The van der Waals surface area contributed by atoms with Gasteiger partial charge in [-0.1, -0.05) is 39.8 Å². The van der Waals surface area contributed by atoms with Crippen LogP contribution in [0.25, 0.3) is 10.2 Å². The number of rotatable bonds is 15. The summed E-state index contributed by atoms with van der Waals surface area (Å²) in [5.74, 6) is -2.58. The molecule has 1 aliphatic heterocycles. The number of thiazole rings is 1. The first-order valence-electron chi connectivity index (χ1n) is 15.4. The third kappa shape index (κ3) is 9.25. The quantitative estimate of drug-likeness (QED) is 0.156. The van der Waals surface area contributed by atoms with Crippen LogP contribution in [0, 0.1) is 17.8 Å². The number of hydrogen-bond acceptors (Lipinski definition) is 9. The highest BCUT2D eigenvalue weighted by Crippen LogP contribution is 2.25. The molecule has 4 amide bonds. The van der Waals surface area contributed by atoms with Gasteiger partial charge in [-0.3, -0.25) is 24.0 Å². The largest absolute Gasteiger partial charge is 0.508 e. The zero-order valence-electron chi connectivity index (χ0n) is 26.4. The molecule has 2 aromatic carbocycles. The normalized spacial score (nSPS) is 16.5. The van der Waals surface area contributed by atoms with Gasteiger partial charge < -0.3 is 31.1 Å². The highest BCUT2D eigenvalue weighted by atomic mass is 32.1. The number of aromatic hydroxyl groups is 1. The molecule has 246 valence electrons. The van der Waals surface area contributed by atoms with E-state index in [1.165, 1.54) is 35.6 Å². The fourth-order valence-electron chi connectivity index (χ4n) is 5.19. The minimum absolute atomic E-state index is 0.000809. The molecule has 0 bridgehead atoms. The van der Waals surface area contributed by atoms with Gasteiger partial charge in [-0.05, 0) is 67.5 Å². The molecule has 1 saturated heterocycles. The van der Waals surface area contributed by atoms with Gasteiger partial charge in [0.25, 0.3) is 5.91 Å². The second-order valence-electron chi connectivity index (χ2n) is 12.2. The highest BCUT2D eigenvalue weighted by molar-refractivity contribution is 7.20. The Morgan fingerprint density at radius 1 is 0.978 bits per heavy atom. The Hall–Kier alpha value is -4.52. The summed E-state index contributed by atoms with van der Waals surface area (Å²) in [7, 11) is 0. The van der Waals surface area contributed by atoms with Gasteiger partial charge in [-0.25, -0.2) is 4.98 Å². The Bertz CT molecular complexity index is 1520. The van der Waals surface area contributed by atoms with Crippen LogP contribution in [0.2, 0.25) is 0 Å². The fourth-order valence-corrected chi connectivity index (χ4v) is 6.15. The average Bonchev–Trinajstić information content (AvgIpc) is 3.63. The summed E-state index contributed by atoms with van der Waals surface area (Å²) in [6.07, 6.45) is 0.906. The molecule has 5 N–H and O–H groups in total. The molecule has 0 spiro atoms. The number of hydrogen-bond donors (Lipinski definition) is 5. The van der Waals surface area contributed by atoms with Crippen molar-refractivity contribution >= 4 is 51.0 Å². The molecule has 46 heavy (non-hydrogen) atoms. The molecule has 0 radical (unpaired) electrons. The standard InChI is InChI=1S/C33H41N5O7S/c1-18(2)15-25(36-32(44)28(19(3)4)38-27(40)17-45-22-11-9-21(39)10-12-22)31(43)35-24(16-20-13-14-34-30(20)42)29(41)33-37-23-7-5-6-8-26(23)46-33/h5-12,18-20,24-25,28,39H,13-17H2,1-4H3,(H,34,42)(H,35,43)(H,36,44)(H,38,40)/t20-,24-,25-,28-/m0/s1. The first-order chi connectivity index (χ1) is 21.9. The summed E-state index contributed by atoms with van der Waals surface area (Å²) >= 11 is 1.22. The molecule has 0 saturated carbocycles. The van der Waals surface area contributed by atoms with Crippen LogP contribution in [-0.2, 0) is 19.2 Å². The molecular formula is C33H41N5O7S. The summed E-state index contributed by atoms with van der Waals surface area (Å²) in [5.41, 5.74) is 0.666. The van der Waals surface area contributed by atoms with E-state index in [1.807, 2.05) is 32.0 Å². The molecule has 0 aliphatic carbocycles. The zero-order chi connectivity index (χ0) is 33.4. The van der Waals surface area contributed by atoms with Gasteiger partial charge in [0.05, 0.1) is 16.3 Å². The fraction of sp³-hybridized carbons (Fsp3) is 0.455. The third-order valence-electron chi connectivity index (χ3n) is 7.63. The molecule has 13 heteroatoms. The number of phenols is 1. The maximum atomic E-state index is 13.8. The van der Waals surface area contributed by atoms with Crippen molar-refractivity contribution in [2.45, 2.75) is 65.1 Å². The first-order valence-corrected chi connectivity index (χ1v) is 16.2. The zero-order valence-corrected chi connectivity index (χ0v) is 27.2. The summed E-state index contributed by atoms with van der Waals surface area (Å²) in [5, 5.41) is 20.7. The van der Waals surface area contributed by atoms with Gasteiger partial charge in [0.15, 0.2) is 11.6 Å². The molecule has 4 rings (SSSR count). The van der Waals surface area contributed by atoms with Crippen molar-refractivity contribution < 1.29 is 33.8 Å². The van der Waals surface area contributed by atoms with E-state index in [0.29, 0.717) is 24.2 Å². The monoisotopic (exact) mass is 651 g/mol. The Kier molecular flexibility index (Phi) is 11.7. The van der Waals surface area contributed by atoms with Crippen molar-refractivity contribution in [3.63, 3.8) is 0 Å². The van der Waals surface area contributed by atoms with E-state index in [9.17, 15) is 29.1 Å². The number of carbonyl (C=O) groups is 5. The van der Waals surface area contributed by atoms with Gasteiger partial charge in [0.2, 0.25) is 23.5 Å². The lowest BCUT2D eigenvalue weighted by molar-refractivity contribution is -0.134. The van der Waals surface area contributed by atoms with Crippen molar-refractivity contribution in [1.29, 1.82) is 0 Å². The number of fused-ring (bicyclic) bond motifs is 1.